The summed E-state index contributed by atoms with van der Waals surface area (Å²) in [4.78, 5) is 11.7. The molecule has 0 unspecified atom stereocenters. The Morgan fingerprint density at radius 2 is 2.25 bits per heavy atom. The van der Waals surface area contributed by atoms with Gasteiger partial charge in [-0.2, -0.15) is 0 Å². The first-order chi connectivity index (χ1) is 5.59. The highest BCUT2D eigenvalue weighted by atomic mass is 32.1. The van der Waals surface area contributed by atoms with Gasteiger partial charge in [-0.25, -0.2) is 0 Å². The molecule has 1 heterocycles. The van der Waals surface area contributed by atoms with Crippen LogP contribution in [0.3, 0.4) is 0 Å². The smallest absolute Gasteiger partial charge is 0.235 e. The largest absolute Gasteiger partial charge is 0.259 e. The van der Waals surface area contributed by atoms with Crippen LogP contribution in [-0.4, -0.2) is 4.92 Å². The van der Waals surface area contributed by atoms with Gasteiger partial charge >= 0.3 is 0 Å². The molecule has 0 N–H and O–H groups in total. The number of hydrogen-bond donors (Lipinski definition) is 0. The predicted molar refractivity (Wildman–Crippen MR) is 49.8 cm³/mol. The highest BCUT2D eigenvalue weighted by molar-refractivity contribution is 7.13. The van der Waals surface area contributed by atoms with Gasteiger partial charge in [0.05, 0.1) is 4.92 Å². The van der Waals surface area contributed by atoms with Crippen LogP contribution < -0.4 is 0 Å². The van der Waals surface area contributed by atoms with Crippen LogP contribution in [0.15, 0.2) is 12.3 Å². The molecule has 0 aliphatic rings. The van der Waals surface area contributed by atoms with E-state index in [1.165, 1.54) is 16.5 Å². The summed E-state index contributed by atoms with van der Waals surface area (Å²) in [6.45, 7) is 4.00. The molecule has 0 saturated carbocycles. The van der Waals surface area contributed by atoms with Gasteiger partial charge in [0.25, 0.3) is 0 Å². The van der Waals surface area contributed by atoms with Gasteiger partial charge in [0.15, 0.2) is 0 Å². The first-order valence-electron chi connectivity index (χ1n) is 3.48. The van der Waals surface area contributed by atoms with E-state index in [9.17, 15) is 10.1 Å². The van der Waals surface area contributed by atoms with Gasteiger partial charge in [-0.3, -0.25) is 10.1 Å². The van der Waals surface area contributed by atoms with Gasteiger partial charge in [0.1, 0.15) is 0 Å². The topological polar surface area (TPSA) is 43.1 Å². The Morgan fingerprint density at radius 1 is 1.58 bits per heavy atom. The van der Waals surface area contributed by atoms with E-state index in [0.717, 1.165) is 11.1 Å². The zero-order chi connectivity index (χ0) is 9.14. The lowest BCUT2D eigenvalue weighted by Gasteiger charge is -1.79. The molecule has 0 saturated heterocycles. The van der Waals surface area contributed by atoms with E-state index in [-0.39, 0.29) is 0 Å². The van der Waals surface area contributed by atoms with Crippen LogP contribution in [0.4, 0.5) is 0 Å². The van der Waals surface area contributed by atoms with E-state index in [2.05, 4.69) is 0 Å². The molecule has 0 spiro atoms. The molecule has 3 nitrogen and oxygen atoms in total. The van der Waals surface area contributed by atoms with Crippen LogP contribution in [0.5, 0.6) is 0 Å². The molecule has 4 heteroatoms. The van der Waals surface area contributed by atoms with Crippen molar-refractivity contribution < 1.29 is 4.92 Å². The first-order valence-corrected chi connectivity index (χ1v) is 4.30. The maximum Gasteiger partial charge on any atom is 0.235 e. The third-order valence-corrected chi connectivity index (χ3v) is 2.66. The zero-order valence-electron chi connectivity index (χ0n) is 6.90. The van der Waals surface area contributed by atoms with E-state index in [0.29, 0.717) is 0 Å². The van der Waals surface area contributed by atoms with Crippen LogP contribution >= 0.6 is 11.3 Å². The van der Waals surface area contributed by atoms with Crippen molar-refractivity contribution in [3.8, 4) is 0 Å². The van der Waals surface area contributed by atoms with Gasteiger partial charge in [-0.1, -0.05) is 0 Å². The average molecular weight is 183 g/mol. The fourth-order valence-electron chi connectivity index (χ4n) is 0.818. The molecule has 0 amide bonds. The summed E-state index contributed by atoms with van der Waals surface area (Å²) in [5, 5.41) is 9.99. The second-order valence-corrected chi connectivity index (χ2v) is 3.78. The molecular weight excluding hydrogens is 174 g/mol. The van der Waals surface area contributed by atoms with E-state index in [4.69, 9.17) is 0 Å². The van der Waals surface area contributed by atoms with Crippen molar-refractivity contribution in [3.05, 3.63) is 37.7 Å². The molecule has 0 aliphatic carbocycles. The predicted octanol–water partition coefficient (Wildman–Crippen LogP) is 2.61. The Balaban J connectivity index is 2.83. The second-order valence-electron chi connectivity index (χ2n) is 2.49. The van der Waals surface area contributed by atoms with E-state index < -0.39 is 4.92 Å². The summed E-state index contributed by atoms with van der Waals surface area (Å²) in [6, 6.07) is 1.94. The number of hydrogen-bond acceptors (Lipinski definition) is 3. The van der Waals surface area contributed by atoms with Gasteiger partial charge in [-0.05, 0) is 25.5 Å². The molecule has 0 radical (unpaired) electrons. The van der Waals surface area contributed by atoms with E-state index in [1.54, 1.807) is 11.3 Å². The Kier molecular flexibility index (Phi) is 2.60. The summed E-state index contributed by atoms with van der Waals surface area (Å²) in [6.07, 6.45) is 2.48. The molecule has 1 aromatic rings. The normalized spacial score (nSPS) is 10.8. The molecule has 0 aromatic carbocycles. The minimum atomic E-state index is -0.454. The average Bonchev–Trinajstić information content (AvgIpc) is 2.28. The van der Waals surface area contributed by atoms with Gasteiger partial charge in [-0.15, -0.1) is 11.3 Å². The minimum Gasteiger partial charge on any atom is -0.259 e. The Hall–Kier alpha value is -1.16. The number of nitrogens with zero attached hydrogens (tertiary/aromatic N) is 1. The van der Waals surface area contributed by atoms with Gasteiger partial charge < -0.3 is 0 Å². The van der Waals surface area contributed by atoms with Gasteiger partial charge in [0, 0.05) is 15.8 Å². The SMILES string of the molecule is Cc1cc(C=C[N+](=O)[O-])sc1C. The lowest BCUT2D eigenvalue weighted by atomic mass is 10.3. The van der Waals surface area contributed by atoms with Crippen molar-refractivity contribution in [2.75, 3.05) is 0 Å². The molecular formula is C8H9NO2S. The maximum absolute atomic E-state index is 9.99. The molecule has 0 aliphatic heterocycles. The van der Waals surface area contributed by atoms with Crippen LogP contribution in [0.25, 0.3) is 6.08 Å². The molecule has 64 valence electrons. The Bertz CT molecular complexity index is 308. The number of rotatable bonds is 2. The van der Waals surface area contributed by atoms with Gasteiger partial charge in [0.2, 0.25) is 6.20 Å². The number of aryl methyl sites for hydroxylation is 2. The monoisotopic (exact) mass is 183 g/mol. The fraction of sp³-hybridized carbons (Fsp3) is 0.250. The quantitative estimate of drug-likeness (QED) is 0.522. The number of nitro groups is 1. The van der Waals surface area contributed by atoms with Crippen molar-refractivity contribution in [2.45, 2.75) is 13.8 Å². The van der Waals surface area contributed by atoms with Crippen LogP contribution in [-0.2, 0) is 0 Å². The van der Waals surface area contributed by atoms with Crippen LogP contribution in [0.2, 0.25) is 0 Å². The fourth-order valence-corrected chi connectivity index (χ4v) is 1.76. The van der Waals surface area contributed by atoms with Crippen molar-refractivity contribution >= 4 is 17.4 Å². The Labute approximate surface area is 74.5 Å². The highest BCUT2D eigenvalue weighted by Crippen LogP contribution is 2.21. The Morgan fingerprint density at radius 3 is 2.67 bits per heavy atom. The van der Waals surface area contributed by atoms with E-state index in [1.807, 2.05) is 19.9 Å². The van der Waals surface area contributed by atoms with Crippen LogP contribution in [0, 0.1) is 24.0 Å². The molecule has 1 rings (SSSR count). The first kappa shape index (κ1) is 8.93. The van der Waals surface area contributed by atoms with Crippen LogP contribution in [0.1, 0.15) is 15.3 Å². The highest BCUT2D eigenvalue weighted by Gasteiger charge is 1.98. The number of thiophene rings is 1. The van der Waals surface area contributed by atoms with Crippen molar-refractivity contribution in [2.24, 2.45) is 0 Å². The lowest BCUT2D eigenvalue weighted by Crippen LogP contribution is -1.80. The second kappa shape index (κ2) is 3.49. The third kappa shape index (κ3) is 2.17. The molecule has 0 atom stereocenters. The minimum absolute atomic E-state index is 0.454. The van der Waals surface area contributed by atoms with Crippen molar-refractivity contribution in [1.29, 1.82) is 0 Å². The van der Waals surface area contributed by atoms with Crippen molar-refractivity contribution in [3.63, 3.8) is 0 Å². The van der Waals surface area contributed by atoms with Crippen molar-refractivity contribution in [1.82, 2.24) is 0 Å². The van der Waals surface area contributed by atoms with E-state index >= 15 is 0 Å². The summed E-state index contributed by atoms with van der Waals surface area (Å²) in [5.41, 5.74) is 1.18. The summed E-state index contributed by atoms with van der Waals surface area (Å²) in [5.74, 6) is 0. The summed E-state index contributed by atoms with van der Waals surface area (Å²) >= 11 is 1.57. The zero-order valence-corrected chi connectivity index (χ0v) is 7.72. The maximum atomic E-state index is 9.99. The third-order valence-electron chi connectivity index (χ3n) is 1.55. The molecule has 12 heavy (non-hydrogen) atoms. The molecule has 0 fully saturated rings. The summed E-state index contributed by atoms with van der Waals surface area (Å²) < 4.78 is 0. The standard InChI is InChI=1S/C8H9NO2S/c1-6-5-8(12-7(6)2)3-4-9(10)11/h3-5H,1-2H3. The molecule has 1 aromatic heterocycles. The summed E-state index contributed by atoms with van der Waals surface area (Å²) in [7, 11) is 0. The lowest BCUT2D eigenvalue weighted by molar-refractivity contribution is -0.400. The molecule has 0 bridgehead atoms.